The van der Waals surface area contributed by atoms with Gasteiger partial charge in [-0.1, -0.05) is 17.7 Å². The lowest BCUT2D eigenvalue weighted by molar-refractivity contribution is -0.121. The summed E-state index contributed by atoms with van der Waals surface area (Å²) in [5.41, 5.74) is 5.27. The zero-order chi connectivity index (χ0) is 13.0. The van der Waals surface area contributed by atoms with Crippen LogP contribution >= 0.6 is 11.6 Å². The highest BCUT2D eigenvalue weighted by Crippen LogP contribution is 2.24. The van der Waals surface area contributed by atoms with Gasteiger partial charge in [-0.25, -0.2) is 0 Å². The molecule has 2 unspecified atom stereocenters. The molecule has 0 bridgehead atoms. The highest BCUT2D eigenvalue weighted by atomic mass is 35.5. The number of halogens is 1. The van der Waals surface area contributed by atoms with Crippen molar-refractivity contribution in [3.8, 4) is 6.07 Å². The van der Waals surface area contributed by atoms with Gasteiger partial charge in [0.15, 0.2) is 0 Å². The number of aliphatic hydroxyl groups excluding tert-OH is 2. The molecule has 0 aromatic heterocycles. The SMILES string of the molecule is N#Cc1cc(Cl)ccc1C(O)C(O)CC(N)=O. The van der Waals surface area contributed by atoms with E-state index in [9.17, 15) is 15.0 Å². The molecule has 17 heavy (non-hydrogen) atoms. The Bertz CT molecular complexity index is 470. The molecule has 0 saturated carbocycles. The van der Waals surface area contributed by atoms with E-state index in [1.165, 1.54) is 18.2 Å². The molecular weight excluding hydrogens is 244 g/mol. The summed E-state index contributed by atoms with van der Waals surface area (Å²) < 4.78 is 0. The second-order valence-corrected chi connectivity index (χ2v) is 3.96. The molecule has 1 aromatic carbocycles. The molecule has 0 radical (unpaired) electrons. The van der Waals surface area contributed by atoms with Crippen LogP contribution in [0.25, 0.3) is 0 Å². The Morgan fingerprint density at radius 3 is 2.71 bits per heavy atom. The zero-order valence-electron chi connectivity index (χ0n) is 8.80. The number of benzene rings is 1. The first-order valence-corrected chi connectivity index (χ1v) is 5.17. The summed E-state index contributed by atoms with van der Waals surface area (Å²) in [4.78, 5) is 10.6. The summed E-state index contributed by atoms with van der Waals surface area (Å²) in [7, 11) is 0. The van der Waals surface area contributed by atoms with Crippen molar-refractivity contribution in [2.45, 2.75) is 18.6 Å². The minimum atomic E-state index is -1.35. The van der Waals surface area contributed by atoms with Gasteiger partial charge in [-0.05, 0) is 12.1 Å². The maximum atomic E-state index is 10.6. The first kappa shape index (κ1) is 13.5. The number of aliphatic hydroxyl groups is 2. The number of primary amides is 1. The van der Waals surface area contributed by atoms with Gasteiger partial charge >= 0.3 is 0 Å². The van der Waals surface area contributed by atoms with Gasteiger partial charge in [-0.2, -0.15) is 5.26 Å². The molecule has 0 aliphatic rings. The molecule has 0 saturated heterocycles. The van der Waals surface area contributed by atoms with Crippen LogP contribution in [0.1, 0.15) is 23.7 Å². The van der Waals surface area contributed by atoms with E-state index >= 15 is 0 Å². The number of nitrogens with zero attached hydrogens (tertiary/aromatic N) is 1. The Labute approximate surface area is 103 Å². The van der Waals surface area contributed by atoms with Crippen molar-refractivity contribution in [2.24, 2.45) is 5.73 Å². The average molecular weight is 255 g/mol. The Morgan fingerprint density at radius 2 is 2.18 bits per heavy atom. The molecular formula is C11H11ClN2O3. The number of hydrogen-bond donors (Lipinski definition) is 3. The summed E-state index contributed by atoms with van der Waals surface area (Å²) in [5, 5.41) is 28.5. The van der Waals surface area contributed by atoms with Crippen LogP contribution in [0.5, 0.6) is 0 Å². The fourth-order valence-electron chi connectivity index (χ4n) is 1.41. The van der Waals surface area contributed by atoms with E-state index in [0.29, 0.717) is 5.02 Å². The van der Waals surface area contributed by atoms with Crippen molar-refractivity contribution >= 4 is 17.5 Å². The zero-order valence-corrected chi connectivity index (χ0v) is 9.55. The standard InChI is InChI=1S/C11H11ClN2O3/c12-7-1-2-8(6(3-7)5-13)11(17)9(15)4-10(14)16/h1-3,9,11,15,17H,4H2,(H2,14,16). The third-order valence-electron chi connectivity index (χ3n) is 2.23. The molecule has 90 valence electrons. The van der Waals surface area contributed by atoms with Crippen molar-refractivity contribution in [1.82, 2.24) is 0 Å². The molecule has 1 amide bonds. The first-order chi connectivity index (χ1) is 7.95. The lowest BCUT2D eigenvalue weighted by atomic mass is 9.97. The van der Waals surface area contributed by atoms with E-state index in [0.717, 1.165) is 0 Å². The van der Waals surface area contributed by atoms with Gasteiger partial charge in [0.2, 0.25) is 5.91 Å². The fraction of sp³-hybridized carbons (Fsp3) is 0.273. The van der Waals surface area contributed by atoms with E-state index in [2.05, 4.69) is 0 Å². The van der Waals surface area contributed by atoms with Crippen LogP contribution in [0.4, 0.5) is 0 Å². The van der Waals surface area contributed by atoms with Crippen molar-refractivity contribution in [3.05, 3.63) is 34.3 Å². The number of carbonyl (C=O) groups is 1. The topological polar surface area (TPSA) is 107 Å². The van der Waals surface area contributed by atoms with Gasteiger partial charge in [-0.15, -0.1) is 0 Å². The molecule has 0 aliphatic carbocycles. The van der Waals surface area contributed by atoms with Gasteiger partial charge in [0.25, 0.3) is 0 Å². The van der Waals surface area contributed by atoms with Crippen LogP contribution in [0, 0.1) is 11.3 Å². The molecule has 0 aliphatic heterocycles. The van der Waals surface area contributed by atoms with Crippen molar-refractivity contribution in [3.63, 3.8) is 0 Å². The predicted molar refractivity (Wildman–Crippen MR) is 60.9 cm³/mol. The van der Waals surface area contributed by atoms with Gasteiger partial charge in [0.05, 0.1) is 24.2 Å². The van der Waals surface area contributed by atoms with E-state index < -0.39 is 18.1 Å². The van der Waals surface area contributed by atoms with Crippen LogP contribution in [0.2, 0.25) is 5.02 Å². The quantitative estimate of drug-likeness (QED) is 0.726. The second kappa shape index (κ2) is 5.64. The summed E-state index contributed by atoms with van der Waals surface area (Å²) >= 11 is 5.69. The Kier molecular flexibility index (Phi) is 4.46. The third kappa shape index (κ3) is 3.43. The number of nitriles is 1. The van der Waals surface area contributed by atoms with Crippen LogP contribution in [0.15, 0.2) is 18.2 Å². The van der Waals surface area contributed by atoms with Gasteiger partial charge < -0.3 is 15.9 Å². The summed E-state index contributed by atoms with van der Waals surface area (Å²) in [6.45, 7) is 0. The predicted octanol–water partition coefficient (Wildman–Crippen LogP) is 0.481. The second-order valence-electron chi connectivity index (χ2n) is 3.53. The molecule has 4 N–H and O–H groups in total. The van der Waals surface area contributed by atoms with Crippen molar-refractivity contribution in [1.29, 1.82) is 5.26 Å². The molecule has 0 spiro atoms. The number of rotatable bonds is 4. The average Bonchev–Trinajstić information content (AvgIpc) is 2.27. The van der Waals surface area contributed by atoms with Gasteiger partial charge in [0.1, 0.15) is 6.10 Å². The highest BCUT2D eigenvalue weighted by Gasteiger charge is 2.22. The van der Waals surface area contributed by atoms with Gasteiger partial charge in [-0.3, -0.25) is 4.79 Å². The minimum absolute atomic E-state index is 0.147. The van der Waals surface area contributed by atoms with Crippen LogP contribution in [0.3, 0.4) is 0 Å². The lowest BCUT2D eigenvalue weighted by Gasteiger charge is -2.17. The van der Waals surface area contributed by atoms with Crippen molar-refractivity contribution < 1.29 is 15.0 Å². The number of carbonyl (C=O) groups excluding carboxylic acids is 1. The first-order valence-electron chi connectivity index (χ1n) is 4.79. The van der Waals surface area contributed by atoms with E-state index in [4.69, 9.17) is 22.6 Å². The van der Waals surface area contributed by atoms with Gasteiger partial charge in [0, 0.05) is 10.6 Å². The highest BCUT2D eigenvalue weighted by molar-refractivity contribution is 6.30. The van der Waals surface area contributed by atoms with Crippen LogP contribution in [-0.2, 0) is 4.79 Å². The fourth-order valence-corrected chi connectivity index (χ4v) is 1.58. The van der Waals surface area contributed by atoms with E-state index in [-0.39, 0.29) is 17.5 Å². The lowest BCUT2D eigenvalue weighted by Crippen LogP contribution is -2.26. The van der Waals surface area contributed by atoms with Crippen molar-refractivity contribution in [2.75, 3.05) is 0 Å². The minimum Gasteiger partial charge on any atom is -0.390 e. The maximum Gasteiger partial charge on any atom is 0.220 e. The van der Waals surface area contributed by atoms with Crippen LogP contribution < -0.4 is 5.73 Å². The number of nitrogens with two attached hydrogens (primary N) is 1. The smallest absolute Gasteiger partial charge is 0.220 e. The normalized spacial score (nSPS) is 13.8. The molecule has 2 atom stereocenters. The molecule has 1 rings (SSSR count). The summed E-state index contributed by atoms with van der Waals surface area (Å²) in [5.74, 6) is -0.732. The Morgan fingerprint density at radius 1 is 1.53 bits per heavy atom. The molecule has 6 heteroatoms. The molecule has 5 nitrogen and oxygen atoms in total. The Hall–Kier alpha value is -1.61. The van der Waals surface area contributed by atoms with E-state index in [1.807, 2.05) is 6.07 Å². The largest absolute Gasteiger partial charge is 0.390 e. The summed E-state index contributed by atoms with van der Waals surface area (Å²) in [6.07, 6.45) is -3.08. The molecule has 1 aromatic rings. The number of hydrogen-bond acceptors (Lipinski definition) is 4. The van der Waals surface area contributed by atoms with E-state index in [1.54, 1.807) is 0 Å². The molecule has 0 fully saturated rings. The molecule has 0 heterocycles. The number of amides is 1. The summed E-state index contributed by atoms with van der Waals surface area (Å²) in [6, 6.07) is 6.14. The monoisotopic (exact) mass is 254 g/mol. The third-order valence-corrected chi connectivity index (χ3v) is 2.46. The van der Waals surface area contributed by atoms with Crippen LogP contribution in [-0.4, -0.2) is 22.2 Å². The maximum absolute atomic E-state index is 10.6. The Balaban J connectivity index is 3.00.